The van der Waals surface area contributed by atoms with Gasteiger partial charge in [-0.05, 0) is 30.3 Å². The maximum absolute atomic E-state index is 14.5. The van der Waals surface area contributed by atoms with Gasteiger partial charge in [0.2, 0.25) is 0 Å². The van der Waals surface area contributed by atoms with Crippen LogP contribution in [0.25, 0.3) is 28.5 Å². The number of nitrogens with zero attached hydrogens (tertiary/aromatic N) is 6. The second-order valence-electron chi connectivity index (χ2n) is 7.75. The van der Waals surface area contributed by atoms with Crippen LogP contribution in [0.15, 0.2) is 61.1 Å². The van der Waals surface area contributed by atoms with Gasteiger partial charge in [0.15, 0.2) is 11.6 Å². The predicted molar refractivity (Wildman–Crippen MR) is 121 cm³/mol. The average molecular weight is 447 g/mol. The minimum Gasteiger partial charge on any atom is -0.496 e. The summed E-state index contributed by atoms with van der Waals surface area (Å²) >= 11 is 0. The first-order valence-electron chi connectivity index (χ1n) is 10.4. The van der Waals surface area contributed by atoms with E-state index >= 15 is 0 Å². The first kappa shape index (κ1) is 21.0. The number of benzene rings is 1. The number of aliphatic hydroxyl groups excluding tert-OH is 1. The molecule has 1 saturated heterocycles. The average Bonchev–Trinajstić information content (AvgIpc) is 3.46. The van der Waals surface area contributed by atoms with Crippen molar-refractivity contribution in [3.8, 4) is 34.2 Å². The zero-order valence-electron chi connectivity index (χ0n) is 17.8. The third-order valence-electron chi connectivity index (χ3n) is 5.56. The molecule has 2 atom stereocenters. The molecule has 1 fully saturated rings. The van der Waals surface area contributed by atoms with Gasteiger partial charge in [-0.3, -0.25) is 0 Å². The highest BCUT2D eigenvalue weighted by Crippen LogP contribution is 2.31. The van der Waals surface area contributed by atoms with E-state index in [1.54, 1.807) is 41.5 Å². The predicted octanol–water partition coefficient (Wildman–Crippen LogP) is 2.05. The van der Waals surface area contributed by atoms with E-state index in [-0.39, 0.29) is 17.4 Å². The first-order valence-corrected chi connectivity index (χ1v) is 10.4. The van der Waals surface area contributed by atoms with Gasteiger partial charge in [-0.25, -0.2) is 24.0 Å². The Bertz CT molecular complexity index is 1290. The molecule has 33 heavy (non-hydrogen) atoms. The molecular weight excluding hydrogens is 425 g/mol. The van der Waals surface area contributed by atoms with Crippen molar-refractivity contribution in [3.05, 3.63) is 66.9 Å². The maximum atomic E-state index is 14.5. The number of methoxy groups -OCH3 is 1. The van der Waals surface area contributed by atoms with Crippen LogP contribution in [0.5, 0.6) is 5.75 Å². The van der Waals surface area contributed by atoms with Crippen LogP contribution >= 0.6 is 0 Å². The van der Waals surface area contributed by atoms with E-state index in [2.05, 4.69) is 20.1 Å². The van der Waals surface area contributed by atoms with Gasteiger partial charge in [0, 0.05) is 37.1 Å². The molecule has 1 aliphatic rings. The lowest BCUT2D eigenvalue weighted by molar-refractivity contribution is 0.180. The zero-order chi connectivity index (χ0) is 22.9. The van der Waals surface area contributed by atoms with E-state index in [1.165, 1.54) is 13.2 Å². The molecule has 3 N–H and O–H groups in total. The number of ether oxygens (including phenoxy) is 1. The fourth-order valence-electron chi connectivity index (χ4n) is 3.83. The summed E-state index contributed by atoms with van der Waals surface area (Å²) in [5, 5.41) is 14.4. The molecule has 1 aliphatic heterocycles. The van der Waals surface area contributed by atoms with Crippen LogP contribution in [-0.2, 0) is 0 Å². The highest BCUT2D eigenvalue weighted by atomic mass is 19.1. The first-order chi connectivity index (χ1) is 16.0. The van der Waals surface area contributed by atoms with Gasteiger partial charge in [0.05, 0.1) is 30.7 Å². The number of pyridine rings is 1. The van der Waals surface area contributed by atoms with Gasteiger partial charge < -0.3 is 20.5 Å². The molecule has 3 aromatic heterocycles. The van der Waals surface area contributed by atoms with Crippen molar-refractivity contribution in [1.82, 2.24) is 24.7 Å². The summed E-state index contributed by atoms with van der Waals surface area (Å²) in [5.74, 6) is 1.44. The summed E-state index contributed by atoms with van der Waals surface area (Å²) in [7, 11) is 1.48. The minimum atomic E-state index is -0.577. The van der Waals surface area contributed by atoms with Gasteiger partial charge in [-0.15, -0.1) is 0 Å². The number of nitrogens with two attached hydrogens (primary N) is 1. The molecule has 0 radical (unpaired) electrons. The Morgan fingerprint density at radius 2 is 1.91 bits per heavy atom. The van der Waals surface area contributed by atoms with Crippen LogP contribution in [0, 0.1) is 5.82 Å². The molecule has 10 heteroatoms. The number of aliphatic hydroxyl groups is 1. The van der Waals surface area contributed by atoms with Crippen LogP contribution in [-0.4, -0.2) is 62.2 Å². The van der Waals surface area contributed by atoms with Gasteiger partial charge in [0.25, 0.3) is 0 Å². The molecule has 0 bridgehead atoms. The molecule has 5 rings (SSSR count). The smallest absolute Gasteiger partial charge is 0.166 e. The van der Waals surface area contributed by atoms with Crippen LogP contribution < -0.4 is 15.4 Å². The second kappa shape index (κ2) is 8.57. The van der Waals surface area contributed by atoms with Crippen molar-refractivity contribution in [2.75, 3.05) is 25.1 Å². The van der Waals surface area contributed by atoms with Crippen molar-refractivity contribution >= 4 is 5.82 Å². The van der Waals surface area contributed by atoms with Gasteiger partial charge in [0.1, 0.15) is 17.4 Å². The Kier molecular flexibility index (Phi) is 5.45. The third-order valence-corrected chi connectivity index (χ3v) is 5.56. The lowest BCUT2D eigenvalue weighted by atomic mass is 10.1. The van der Waals surface area contributed by atoms with Crippen molar-refractivity contribution in [2.24, 2.45) is 5.73 Å². The molecule has 4 aromatic rings. The number of hydrogen-bond acceptors (Lipinski definition) is 8. The van der Waals surface area contributed by atoms with E-state index < -0.39 is 11.9 Å². The lowest BCUT2D eigenvalue weighted by Crippen LogP contribution is -2.32. The van der Waals surface area contributed by atoms with E-state index in [9.17, 15) is 9.50 Å². The highest BCUT2D eigenvalue weighted by molar-refractivity contribution is 5.68. The summed E-state index contributed by atoms with van der Waals surface area (Å²) < 4.78 is 21.4. The molecule has 0 spiro atoms. The SMILES string of the molecule is COc1cccc(F)c1-c1nccc(-c2cnn(-c3cccc(N4C[C@@H](O)[C@@H](N)C4)n3)c2)n1. The Morgan fingerprint density at radius 3 is 2.70 bits per heavy atom. The molecule has 1 aromatic carbocycles. The van der Waals surface area contributed by atoms with Crippen LogP contribution in [0.3, 0.4) is 0 Å². The topological polar surface area (TPSA) is 115 Å². The van der Waals surface area contributed by atoms with Crippen molar-refractivity contribution < 1.29 is 14.2 Å². The number of rotatable bonds is 5. The van der Waals surface area contributed by atoms with Crippen LogP contribution in [0.2, 0.25) is 0 Å². The normalized spacial score (nSPS) is 18.0. The van der Waals surface area contributed by atoms with Crippen molar-refractivity contribution in [2.45, 2.75) is 12.1 Å². The molecule has 0 amide bonds. The van der Waals surface area contributed by atoms with Gasteiger partial charge >= 0.3 is 0 Å². The molecule has 0 aliphatic carbocycles. The fraction of sp³-hybridized carbons (Fsp3) is 0.217. The van der Waals surface area contributed by atoms with E-state index in [0.717, 1.165) is 5.56 Å². The summed E-state index contributed by atoms with van der Waals surface area (Å²) in [6.45, 7) is 0.969. The standard InChI is InChI=1S/C23H22FN7O2/c1-33-19-5-2-4-15(24)22(19)23-26-9-8-17(28-23)14-10-27-31(11-14)21-7-3-6-20(29-21)30-12-16(25)18(32)13-30/h2-11,16,18,32H,12-13,25H2,1H3/t16-,18+/m0/s1. The van der Waals surface area contributed by atoms with E-state index in [1.807, 2.05) is 23.1 Å². The monoisotopic (exact) mass is 447 g/mol. The van der Waals surface area contributed by atoms with Crippen LogP contribution in [0.4, 0.5) is 10.2 Å². The van der Waals surface area contributed by atoms with Crippen LogP contribution in [0.1, 0.15) is 0 Å². The van der Waals surface area contributed by atoms with Gasteiger partial charge in [-0.1, -0.05) is 12.1 Å². The van der Waals surface area contributed by atoms with E-state index in [0.29, 0.717) is 36.2 Å². The number of hydrogen-bond donors (Lipinski definition) is 2. The number of β-amino-alcohol motifs (C(OH)–C–C–N with tert-alkyl or cyclic N) is 1. The Hall–Kier alpha value is -3.89. The Balaban J connectivity index is 1.45. The van der Waals surface area contributed by atoms with Gasteiger partial charge in [-0.2, -0.15) is 5.10 Å². The molecule has 0 unspecified atom stereocenters. The summed E-state index contributed by atoms with van der Waals surface area (Å²) in [6.07, 6.45) is 4.45. The number of aromatic nitrogens is 5. The fourth-order valence-corrected chi connectivity index (χ4v) is 3.83. The molecule has 168 valence electrons. The zero-order valence-corrected chi connectivity index (χ0v) is 17.8. The Morgan fingerprint density at radius 1 is 1.09 bits per heavy atom. The summed E-state index contributed by atoms with van der Waals surface area (Å²) in [5.41, 5.74) is 7.43. The largest absolute Gasteiger partial charge is 0.496 e. The summed E-state index contributed by atoms with van der Waals surface area (Å²) in [4.78, 5) is 15.4. The second-order valence-corrected chi connectivity index (χ2v) is 7.75. The molecule has 0 saturated carbocycles. The quantitative estimate of drug-likeness (QED) is 0.478. The maximum Gasteiger partial charge on any atom is 0.166 e. The minimum absolute atomic E-state index is 0.203. The van der Waals surface area contributed by atoms with Crippen molar-refractivity contribution in [3.63, 3.8) is 0 Å². The summed E-state index contributed by atoms with van der Waals surface area (Å²) in [6, 6.07) is 11.6. The Labute approximate surface area is 189 Å². The van der Waals surface area contributed by atoms with E-state index in [4.69, 9.17) is 10.5 Å². The third kappa shape index (κ3) is 4.01. The highest BCUT2D eigenvalue weighted by Gasteiger charge is 2.29. The molecule has 4 heterocycles. The number of anilines is 1. The number of halogens is 1. The molecule has 9 nitrogen and oxygen atoms in total. The molecular formula is C23H22FN7O2. The lowest BCUT2D eigenvalue weighted by Gasteiger charge is -2.17. The van der Waals surface area contributed by atoms with Crippen molar-refractivity contribution in [1.29, 1.82) is 0 Å².